The normalized spacial score (nSPS) is 19.6. The number of esters is 1. The summed E-state index contributed by atoms with van der Waals surface area (Å²) in [5, 5.41) is 3.41. The van der Waals surface area contributed by atoms with Crippen molar-refractivity contribution < 1.29 is 9.53 Å². The summed E-state index contributed by atoms with van der Waals surface area (Å²) in [4.78, 5) is 14.0. The van der Waals surface area contributed by atoms with Crippen molar-refractivity contribution in [2.24, 2.45) is 5.92 Å². The van der Waals surface area contributed by atoms with Crippen molar-refractivity contribution in [2.45, 2.75) is 31.7 Å². The largest absolute Gasteiger partial charge is 0.468 e. The van der Waals surface area contributed by atoms with Crippen molar-refractivity contribution >= 4 is 5.97 Å². The number of rotatable bonds is 7. The molecule has 4 heteroatoms. The molecule has 1 saturated carbocycles. The molecule has 0 heterocycles. The Hall–Kier alpha value is -0.610. The molecule has 0 bridgehead atoms. The lowest BCUT2D eigenvalue weighted by atomic mass is 9.90. The van der Waals surface area contributed by atoms with Crippen molar-refractivity contribution in [3.05, 3.63) is 0 Å². The topological polar surface area (TPSA) is 41.6 Å². The molecule has 0 spiro atoms. The Bertz CT molecular complexity index is 239. The van der Waals surface area contributed by atoms with Gasteiger partial charge in [-0.05, 0) is 39.3 Å². The Morgan fingerprint density at radius 1 is 1.50 bits per heavy atom. The van der Waals surface area contributed by atoms with Crippen LogP contribution in [0.25, 0.3) is 0 Å². The van der Waals surface area contributed by atoms with Crippen LogP contribution in [0.4, 0.5) is 0 Å². The van der Waals surface area contributed by atoms with Gasteiger partial charge in [-0.1, -0.05) is 6.92 Å². The van der Waals surface area contributed by atoms with Crippen molar-refractivity contribution in [1.29, 1.82) is 0 Å². The maximum absolute atomic E-state index is 11.9. The minimum atomic E-state index is -0.440. The average Bonchev–Trinajstić information content (AvgIpc) is 3.07. The highest BCUT2D eigenvalue weighted by atomic mass is 16.5. The molecule has 16 heavy (non-hydrogen) atoms. The van der Waals surface area contributed by atoms with Crippen LogP contribution in [0.5, 0.6) is 0 Å². The lowest BCUT2D eigenvalue weighted by Gasteiger charge is -2.31. The lowest BCUT2D eigenvalue weighted by molar-refractivity contribution is -0.150. The summed E-state index contributed by atoms with van der Waals surface area (Å²) < 4.78 is 4.95. The van der Waals surface area contributed by atoms with Gasteiger partial charge >= 0.3 is 5.97 Å². The minimum Gasteiger partial charge on any atom is -0.468 e. The monoisotopic (exact) mass is 228 g/mol. The van der Waals surface area contributed by atoms with Crippen molar-refractivity contribution in [2.75, 3.05) is 34.3 Å². The molecule has 0 aromatic rings. The number of ether oxygens (including phenoxy) is 1. The summed E-state index contributed by atoms with van der Waals surface area (Å²) in [6.07, 6.45) is 3.08. The van der Waals surface area contributed by atoms with Crippen LogP contribution in [0.2, 0.25) is 0 Å². The van der Waals surface area contributed by atoms with Crippen LogP contribution in [0.1, 0.15) is 26.2 Å². The number of hydrogen-bond donors (Lipinski definition) is 1. The SMILES string of the molecule is CCC(NCCN(C)C)(C(=O)OC)C1CC1. The smallest absolute Gasteiger partial charge is 0.326 e. The number of nitrogens with zero attached hydrogens (tertiary/aromatic N) is 1. The van der Waals surface area contributed by atoms with E-state index in [-0.39, 0.29) is 5.97 Å². The van der Waals surface area contributed by atoms with Crippen LogP contribution in [0, 0.1) is 5.92 Å². The third-order valence-corrected chi connectivity index (χ3v) is 3.38. The molecule has 1 atom stereocenters. The standard InChI is InChI=1S/C12H24N2O2/c1-5-12(10-6-7-10,11(15)16-4)13-8-9-14(2)3/h10,13H,5-9H2,1-4H3. The quantitative estimate of drug-likeness (QED) is 0.657. The molecule has 1 aliphatic carbocycles. The molecule has 0 saturated heterocycles. The Kier molecular flexibility index (Phi) is 4.74. The summed E-state index contributed by atoms with van der Waals surface area (Å²) in [7, 11) is 5.54. The number of hydrogen-bond acceptors (Lipinski definition) is 4. The Morgan fingerprint density at radius 3 is 2.50 bits per heavy atom. The lowest BCUT2D eigenvalue weighted by Crippen LogP contribution is -2.55. The van der Waals surface area contributed by atoms with Crippen molar-refractivity contribution in [3.8, 4) is 0 Å². The van der Waals surface area contributed by atoms with E-state index in [0.717, 1.165) is 32.4 Å². The van der Waals surface area contributed by atoms with Crippen LogP contribution in [0.3, 0.4) is 0 Å². The van der Waals surface area contributed by atoms with Crippen molar-refractivity contribution in [3.63, 3.8) is 0 Å². The summed E-state index contributed by atoms with van der Waals surface area (Å²) in [5.41, 5.74) is -0.440. The molecule has 1 N–H and O–H groups in total. The first-order valence-corrected chi connectivity index (χ1v) is 6.05. The van der Waals surface area contributed by atoms with E-state index in [9.17, 15) is 4.79 Å². The molecule has 0 radical (unpaired) electrons. The maximum atomic E-state index is 11.9. The first kappa shape index (κ1) is 13.5. The number of likely N-dealkylation sites (N-methyl/N-ethyl adjacent to an activating group) is 1. The molecule has 1 aliphatic rings. The van der Waals surface area contributed by atoms with E-state index in [1.54, 1.807) is 0 Å². The van der Waals surface area contributed by atoms with Gasteiger partial charge in [-0.3, -0.25) is 4.79 Å². The van der Waals surface area contributed by atoms with Gasteiger partial charge in [-0.15, -0.1) is 0 Å². The van der Waals surface area contributed by atoms with E-state index < -0.39 is 5.54 Å². The molecule has 1 rings (SSSR count). The first-order chi connectivity index (χ1) is 7.56. The molecule has 0 amide bonds. The number of carbonyl (C=O) groups excluding carboxylic acids is 1. The van der Waals surface area contributed by atoms with Gasteiger partial charge in [0.25, 0.3) is 0 Å². The van der Waals surface area contributed by atoms with Gasteiger partial charge in [0.2, 0.25) is 0 Å². The number of methoxy groups -OCH3 is 1. The Morgan fingerprint density at radius 2 is 2.12 bits per heavy atom. The molecule has 0 aromatic heterocycles. The molecule has 0 aromatic carbocycles. The highest BCUT2D eigenvalue weighted by Gasteiger charge is 2.50. The third-order valence-electron chi connectivity index (χ3n) is 3.38. The fraction of sp³-hybridized carbons (Fsp3) is 0.917. The Labute approximate surface area is 98.3 Å². The van der Waals surface area contributed by atoms with E-state index in [4.69, 9.17) is 4.74 Å². The van der Waals surface area contributed by atoms with E-state index in [2.05, 4.69) is 17.1 Å². The zero-order chi connectivity index (χ0) is 12.2. The molecule has 0 aliphatic heterocycles. The summed E-state index contributed by atoms with van der Waals surface area (Å²) in [5.74, 6) is 0.364. The van der Waals surface area contributed by atoms with Gasteiger partial charge in [-0.25, -0.2) is 0 Å². The fourth-order valence-electron chi connectivity index (χ4n) is 2.20. The van der Waals surface area contributed by atoms with Gasteiger partial charge in [0.1, 0.15) is 5.54 Å². The second-order valence-electron chi connectivity index (χ2n) is 4.82. The predicted octanol–water partition coefficient (Wildman–Crippen LogP) is 0.869. The third kappa shape index (κ3) is 2.95. The first-order valence-electron chi connectivity index (χ1n) is 6.05. The molecule has 1 fully saturated rings. The fourth-order valence-corrected chi connectivity index (χ4v) is 2.20. The molecule has 94 valence electrons. The van der Waals surface area contributed by atoms with Crippen molar-refractivity contribution in [1.82, 2.24) is 10.2 Å². The van der Waals surface area contributed by atoms with Gasteiger partial charge in [0.05, 0.1) is 7.11 Å². The van der Waals surface area contributed by atoms with Crippen LogP contribution in [-0.2, 0) is 9.53 Å². The summed E-state index contributed by atoms with van der Waals surface area (Å²) in [6, 6.07) is 0. The van der Waals surface area contributed by atoms with Gasteiger partial charge < -0.3 is 15.0 Å². The highest BCUT2D eigenvalue weighted by molar-refractivity contribution is 5.81. The van der Waals surface area contributed by atoms with E-state index in [1.807, 2.05) is 14.1 Å². The highest BCUT2D eigenvalue weighted by Crippen LogP contribution is 2.42. The van der Waals surface area contributed by atoms with Crippen LogP contribution in [-0.4, -0.2) is 50.7 Å². The van der Waals surface area contributed by atoms with E-state index in [1.165, 1.54) is 7.11 Å². The minimum absolute atomic E-state index is 0.101. The molecular formula is C12H24N2O2. The molecule has 4 nitrogen and oxygen atoms in total. The summed E-state index contributed by atoms with van der Waals surface area (Å²) >= 11 is 0. The van der Waals surface area contributed by atoms with Gasteiger partial charge in [0, 0.05) is 13.1 Å². The van der Waals surface area contributed by atoms with Crippen LogP contribution < -0.4 is 5.32 Å². The van der Waals surface area contributed by atoms with Gasteiger partial charge in [-0.2, -0.15) is 0 Å². The second-order valence-corrected chi connectivity index (χ2v) is 4.82. The predicted molar refractivity (Wildman–Crippen MR) is 64.3 cm³/mol. The average molecular weight is 228 g/mol. The molecular weight excluding hydrogens is 204 g/mol. The van der Waals surface area contributed by atoms with Crippen LogP contribution >= 0.6 is 0 Å². The van der Waals surface area contributed by atoms with Gasteiger partial charge in [0.15, 0.2) is 0 Å². The number of nitrogens with one attached hydrogen (secondary N) is 1. The van der Waals surface area contributed by atoms with E-state index in [0.29, 0.717) is 5.92 Å². The van der Waals surface area contributed by atoms with Crippen LogP contribution in [0.15, 0.2) is 0 Å². The summed E-state index contributed by atoms with van der Waals surface area (Å²) in [6.45, 7) is 3.82. The number of carbonyl (C=O) groups is 1. The zero-order valence-electron chi connectivity index (χ0n) is 10.9. The Balaban J connectivity index is 2.58. The maximum Gasteiger partial charge on any atom is 0.326 e. The second kappa shape index (κ2) is 5.64. The zero-order valence-corrected chi connectivity index (χ0v) is 10.9. The van der Waals surface area contributed by atoms with E-state index >= 15 is 0 Å². The molecule has 1 unspecified atom stereocenters.